The predicted molar refractivity (Wildman–Crippen MR) is 92.1 cm³/mol. The number of nitrogens with one attached hydrogen (secondary N) is 1. The molecule has 0 saturated carbocycles. The standard InChI is InChI=1S/C17H17N3O2S/c1-4-23-17-19-14(13-10(2)11(3)22-16(13)20-17)18-15(21)12-8-6-5-7-9-12/h5-9H,4H2,1-3H3,(H,18,19,20,21). The van der Waals surface area contributed by atoms with E-state index in [-0.39, 0.29) is 5.91 Å². The molecular formula is C17H17N3O2S. The summed E-state index contributed by atoms with van der Waals surface area (Å²) in [5, 5.41) is 4.24. The van der Waals surface area contributed by atoms with Gasteiger partial charge in [0.05, 0.1) is 5.39 Å². The number of amides is 1. The highest BCUT2D eigenvalue weighted by Gasteiger charge is 2.18. The second-order valence-electron chi connectivity index (χ2n) is 5.07. The zero-order chi connectivity index (χ0) is 16.4. The predicted octanol–water partition coefficient (Wildman–Crippen LogP) is 4.20. The topological polar surface area (TPSA) is 68.0 Å². The third kappa shape index (κ3) is 3.07. The van der Waals surface area contributed by atoms with Crippen LogP contribution in [0, 0.1) is 13.8 Å². The fourth-order valence-electron chi connectivity index (χ4n) is 2.28. The average molecular weight is 327 g/mol. The molecule has 0 saturated heterocycles. The maximum absolute atomic E-state index is 12.4. The fourth-order valence-corrected chi connectivity index (χ4v) is 2.84. The van der Waals surface area contributed by atoms with E-state index in [9.17, 15) is 4.79 Å². The van der Waals surface area contributed by atoms with Crippen molar-refractivity contribution in [3.8, 4) is 0 Å². The summed E-state index contributed by atoms with van der Waals surface area (Å²) < 4.78 is 5.70. The number of aromatic nitrogens is 2. The molecule has 0 radical (unpaired) electrons. The Labute approximate surface area is 138 Å². The van der Waals surface area contributed by atoms with Crippen LogP contribution in [0.4, 0.5) is 5.82 Å². The molecule has 0 atom stereocenters. The summed E-state index contributed by atoms with van der Waals surface area (Å²) in [6, 6.07) is 9.07. The first-order valence-corrected chi connectivity index (χ1v) is 8.35. The molecular weight excluding hydrogens is 310 g/mol. The van der Waals surface area contributed by atoms with E-state index in [2.05, 4.69) is 15.3 Å². The Bertz CT molecular complexity index is 859. The average Bonchev–Trinajstić information content (AvgIpc) is 2.83. The molecule has 0 bridgehead atoms. The van der Waals surface area contributed by atoms with Crippen LogP contribution >= 0.6 is 11.8 Å². The molecule has 23 heavy (non-hydrogen) atoms. The number of hydrogen-bond donors (Lipinski definition) is 1. The smallest absolute Gasteiger partial charge is 0.256 e. The molecule has 3 aromatic rings. The van der Waals surface area contributed by atoms with E-state index >= 15 is 0 Å². The third-order valence-corrected chi connectivity index (χ3v) is 4.28. The van der Waals surface area contributed by atoms with Crippen LogP contribution in [-0.4, -0.2) is 21.6 Å². The Morgan fingerprint density at radius 1 is 1.22 bits per heavy atom. The van der Waals surface area contributed by atoms with E-state index in [0.717, 1.165) is 22.5 Å². The quantitative estimate of drug-likeness (QED) is 0.574. The van der Waals surface area contributed by atoms with E-state index in [1.54, 1.807) is 12.1 Å². The number of thioether (sulfide) groups is 1. The molecule has 2 aromatic heterocycles. The highest BCUT2D eigenvalue weighted by atomic mass is 32.2. The van der Waals surface area contributed by atoms with Gasteiger partial charge in [-0.3, -0.25) is 4.79 Å². The van der Waals surface area contributed by atoms with E-state index in [4.69, 9.17) is 4.42 Å². The van der Waals surface area contributed by atoms with Crippen LogP contribution in [0.5, 0.6) is 0 Å². The first-order valence-electron chi connectivity index (χ1n) is 7.37. The van der Waals surface area contributed by atoms with Gasteiger partial charge in [-0.1, -0.05) is 36.9 Å². The summed E-state index contributed by atoms with van der Waals surface area (Å²) in [5.74, 6) is 1.92. The molecule has 5 nitrogen and oxygen atoms in total. The minimum Gasteiger partial charge on any atom is -0.443 e. The van der Waals surface area contributed by atoms with Crippen molar-refractivity contribution in [2.24, 2.45) is 0 Å². The van der Waals surface area contributed by atoms with Gasteiger partial charge in [-0.25, -0.2) is 4.98 Å². The van der Waals surface area contributed by atoms with Crippen molar-refractivity contribution < 1.29 is 9.21 Å². The molecule has 0 aliphatic carbocycles. The molecule has 1 N–H and O–H groups in total. The van der Waals surface area contributed by atoms with Gasteiger partial charge in [-0.15, -0.1) is 0 Å². The first-order chi connectivity index (χ1) is 11.1. The minimum atomic E-state index is -0.198. The Morgan fingerprint density at radius 2 is 1.96 bits per heavy atom. The lowest BCUT2D eigenvalue weighted by molar-refractivity contribution is 0.102. The molecule has 0 aliphatic rings. The van der Waals surface area contributed by atoms with Crippen molar-refractivity contribution in [3.63, 3.8) is 0 Å². The van der Waals surface area contributed by atoms with Gasteiger partial charge in [0.15, 0.2) is 5.16 Å². The first kappa shape index (κ1) is 15.6. The maximum Gasteiger partial charge on any atom is 0.256 e. The number of rotatable bonds is 4. The van der Waals surface area contributed by atoms with Crippen molar-refractivity contribution in [2.75, 3.05) is 11.1 Å². The highest BCUT2D eigenvalue weighted by Crippen LogP contribution is 2.31. The lowest BCUT2D eigenvalue weighted by atomic mass is 10.2. The van der Waals surface area contributed by atoms with Crippen LogP contribution in [-0.2, 0) is 0 Å². The number of anilines is 1. The lowest BCUT2D eigenvalue weighted by Crippen LogP contribution is -2.13. The van der Waals surface area contributed by atoms with Gasteiger partial charge in [-0.05, 0) is 31.7 Å². The summed E-state index contributed by atoms with van der Waals surface area (Å²) in [6.07, 6.45) is 0. The number of hydrogen-bond acceptors (Lipinski definition) is 5. The van der Waals surface area contributed by atoms with E-state index < -0.39 is 0 Å². The van der Waals surface area contributed by atoms with Crippen molar-refractivity contribution in [1.82, 2.24) is 9.97 Å². The molecule has 0 fully saturated rings. The minimum absolute atomic E-state index is 0.198. The number of carbonyl (C=O) groups is 1. The molecule has 2 heterocycles. The largest absolute Gasteiger partial charge is 0.443 e. The number of aryl methyl sites for hydroxylation is 2. The van der Waals surface area contributed by atoms with Crippen molar-refractivity contribution >= 4 is 34.6 Å². The zero-order valence-electron chi connectivity index (χ0n) is 13.2. The Morgan fingerprint density at radius 3 is 2.65 bits per heavy atom. The normalized spacial score (nSPS) is 10.9. The number of benzene rings is 1. The second kappa shape index (κ2) is 6.42. The van der Waals surface area contributed by atoms with Crippen molar-refractivity contribution in [2.45, 2.75) is 25.9 Å². The molecule has 1 aromatic carbocycles. The van der Waals surface area contributed by atoms with Gasteiger partial charge in [0.1, 0.15) is 11.6 Å². The third-order valence-electron chi connectivity index (χ3n) is 3.55. The zero-order valence-corrected chi connectivity index (χ0v) is 14.0. The second-order valence-corrected chi connectivity index (χ2v) is 6.30. The van der Waals surface area contributed by atoms with Gasteiger partial charge in [0.2, 0.25) is 5.71 Å². The molecule has 1 amide bonds. The molecule has 118 valence electrons. The van der Waals surface area contributed by atoms with E-state index in [0.29, 0.717) is 22.3 Å². The summed E-state index contributed by atoms with van der Waals surface area (Å²) in [4.78, 5) is 21.3. The number of furan rings is 1. The number of fused-ring (bicyclic) bond motifs is 1. The summed E-state index contributed by atoms with van der Waals surface area (Å²) in [6.45, 7) is 5.85. The van der Waals surface area contributed by atoms with Crippen LogP contribution in [0.3, 0.4) is 0 Å². The Hall–Kier alpha value is -2.34. The van der Waals surface area contributed by atoms with Crippen LogP contribution < -0.4 is 5.32 Å². The highest BCUT2D eigenvalue weighted by molar-refractivity contribution is 7.99. The van der Waals surface area contributed by atoms with Crippen LogP contribution in [0.25, 0.3) is 11.1 Å². The number of nitrogens with zero attached hydrogens (tertiary/aromatic N) is 2. The molecule has 0 aliphatic heterocycles. The van der Waals surface area contributed by atoms with Gasteiger partial charge in [0.25, 0.3) is 5.91 Å². The van der Waals surface area contributed by atoms with Crippen LogP contribution in [0.2, 0.25) is 0 Å². The molecule has 0 spiro atoms. The fraction of sp³-hybridized carbons (Fsp3) is 0.235. The monoisotopic (exact) mass is 327 g/mol. The van der Waals surface area contributed by atoms with E-state index in [1.807, 2.05) is 39.0 Å². The van der Waals surface area contributed by atoms with Gasteiger partial charge in [0, 0.05) is 11.1 Å². The van der Waals surface area contributed by atoms with Crippen LogP contribution in [0.1, 0.15) is 28.6 Å². The Balaban J connectivity index is 2.06. The Kier molecular flexibility index (Phi) is 4.34. The van der Waals surface area contributed by atoms with Crippen LogP contribution in [0.15, 0.2) is 39.9 Å². The SMILES string of the molecule is CCSc1nc(NC(=O)c2ccccc2)c2c(C)c(C)oc2n1. The summed E-state index contributed by atoms with van der Waals surface area (Å²) >= 11 is 1.51. The van der Waals surface area contributed by atoms with Gasteiger partial charge < -0.3 is 9.73 Å². The van der Waals surface area contributed by atoms with E-state index in [1.165, 1.54) is 11.8 Å². The van der Waals surface area contributed by atoms with Gasteiger partial charge >= 0.3 is 0 Å². The molecule has 3 rings (SSSR count). The maximum atomic E-state index is 12.4. The van der Waals surface area contributed by atoms with Crippen molar-refractivity contribution in [3.05, 3.63) is 47.2 Å². The molecule has 6 heteroatoms. The number of carbonyl (C=O) groups excluding carboxylic acids is 1. The molecule has 0 unspecified atom stereocenters. The van der Waals surface area contributed by atoms with Crippen molar-refractivity contribution in [1.29, 1.82) is 0 Å². The lowest BCUT2D eigenvalue weighted by Gasteiger charge is -2.07. The summed E-state index contributed by atoms with van der Waals surface area (Å²) in [5.41, 5.74) is 2.03. The van der Waals surface area contributed by atoms with Gasteiger partial charge in [-0.2, -0.15) is 4.98 Å². The summed E-state index contributed by atoms with van der Waals surface area (Å²) in [7, 11) is 0.